The zero-order chi connectivity index (χ0) is 12.5. The fraction of sp³-hybridized carbons (Fsp3) is 0.462. The van der Waals surface area contributed by atoms with Crippen molar-refractivity contribution < 1.29 is 19.0 Å². The summed E-state index contributed by atoms with van der Waals surface area (Å²) in [6.07, 6.45) is 0.722. The zero-order valence-corrected chi connectivity index (χ0v) is 9.65. The third-order valence-corrected chi connectivity index (χ3v) is 3.40. The fourth-order valence-electron chi connectivity index (χ4n) is 2.25. The molecule has 0 aromatic heterocycles. The molecular weight excluding hydrogens is 223 g/mol. The minimum Gasteiger partial charge on any atom is -0.466 e. The standard InChI is InChI=1S/C13H15FO3/c1-9(16)17-7-11-6-13(11,8-15)10-3-2-4-12(14)5-10/h2-5,11,15H,6-8H2,1H3. The van der Waals surface area contributed by atoms with Crippen LogP contribution in [0.25, 0.3) is 0 Å². The molecule has 0 spiro atoms. The number of hydrogen-bond acceptors (Lipinski definition) is 3. The Morgan fingerprint density at radius 1 is 1.65 bits per heavy atom. The predicted octanol–water partition coefficient (Wildman–Crippen LogP) is 1.64. The molecule has 4 heteroatoms. The molecule has 0 radical (unpaired) electrons. The molecule has 0 saturated heterocycles. The van der Waals surface area contributed by atoms with E-state index < -0.39 is 5.41 Å². The van der Waals surface area contributed by atoms with Gasteiger partial charge in [0.05, 0.1) is 13.2 Å². The number of halogens is 1. The quantitative estimate of drug-likeness (QED) is 0.811. The van der Waals surface area contributed by atoms with Gasteiger partial charge in [0.25, 0.3) is 0 Å². The first kappa shape index (κ1) is 12.0. The molecule has 1 aliphatic carbocycles. The van der Waals surface area contributed by atoms with Crippen molar-refractivity contribution >= 4 is 5.97 Å². The van der Waals surface area contributed by atoms with Gasteiger partial charge >= 0.3 is 5.97 Å². The molecular formula is C13H15FO3. The van der Waals surface area contributed by atoms with Crippen LogP contribution in [0.5, 0.6) is 0 Å². The molecule has 17 heavy (non-hydrogen) atoms. The van der Waals surface area contributed by atoms with E-state index in [9.17, 15) is 14.3 Å². The van der Waals surface area contributed by atoms with E-state index in [0.717, 1.165) is 12.0 Å². The van der Waals surface area contributed by atoms with Crippen molar-refractivity contribution in [3.05, 3.63) is 35.6 Å². The Morgan fingerprint density at radius 3 is 3.00 bits per heavy atom. The van der Waals surface area contributed by atoms with Gasteiger partial charge in [-0.2, -0.15) is 0 Å². The molecule has 0 aliphatic heterocycles. The third-order valence-electron chi connectivity index (χ3n) is 3.40. The number of rotatable bonds is 4. The van der Waals surface area contributed by atoms with Crippen LogP contribution in [0, 0.1) is 11.7 Å². The molecule has 0 heterocycles. The molecule has 0 amide bonds. The van der Waals surface area contributed by atoms with E-state index in [2.05, 4.69) is 0 Å². The van der Waals surface area contributed by atoms with Crippen LogP contribution in [0.4, 0.5) is 4.39 Å². The monoisotopic (exact) mass is 238 g/mol. The molecule has 1 aromatic rings. The number of aliphatic hydroxyl groups excluding tert-OH is 1. The van der Waals surface area contributed by atoms with Crippen molar-refractivity contribution in [2.45, 2.75) is 18.8 Å². The molecule has 92 valence electrons. The number of carbonyl (C=O) groups excluding carboxylic acids is 1. The number of hydrogen-bond donors (Lipinski definition) is 1. The third kappa shape index (κ3) is 2.31. The zero-order valence-electron chi connectivity index (χ0n) is 9.65. The van der Waals surface area contributed by atoms with Crippen LogP contribution in [-0.2, 0) is 14.9 Å². The van der Waals surface area contributed by atoms with Crippen molar-refractivity contribution in [1.82, 2.24) is 0 Å². The van der Waals surface area contributed by atoms with Gasteiger partial charge in [-0.15, -0.1) is 0 Å². The summed E-state index contributed by atoms with van der Waals surface area (Å²) in [5, 5.41) is 9.47. The summed E-state index contributed by atoms with van der Waals surface area (Å²) in [7, 11) is 0. The van der Waals surface area contributed by atoms with Crippen molar-refractivity contribution in [2.24, 2.45) is 5.92 Å². The maximum Gasteiger partial charge on any atom is 0.302 e. The Morgan fingerprint density at radius 2 is 2.41 bits per heavy atom. The molecule has 1 saturated carbocycles. The van der Waals surface area contributed by atoms with Crippen LogP contribution < -0.4 is 0 Å². The number of aliphatic hydroxyl groups is 1. The Kier molecular flexibility index (Phi) is 3.15. The van der Waals surface area contributed by atoms with E-state index in [1.165, 1.54) is 19.1 Å². The van der Waals surface area contributed by atoms with E-state index in [4.69, 9.17) is 4.74 Å². The van der Waals surface area contributed by atoms with E-state index in [0.29, 0.717) is 0 Å². The highest BCUT2D eigenvalue weighted by Crippen LogP contribution is 2.54. The van der Waals surface area contributed by atoms with E-state index in [1.807, 2.05) is 0 Å². The van der Waals surface area contributed by atoms with Crippen molar-refractivity contribution in [2.75, 3.05) is 13.2 Å². The van der Waals surface area contributed by atoms with Gasteiger partial charge in [0, 0.05) is 18.3 Å². The minimum atomic E-state index is -0.433. The van der Waals surface area contributed by atoms with Gasteiger partial charge in [-0.1, -0.05) is 12.1 Å². The lowest BCUT2D eigenvalue weighted by atomic mass is 9.94. The smallest absolute Gasteiger partial charge is 0.302 e. The summed E-state index contributed by atoms with van der Waals surface area (Å²) in [4.78, 5) is 10.7. The molecule has 2 atom stereocenters. The van der Waals surface area contributed by atoms with Crippen molar-refractivity contribution in [3.63, 3.8) is 0 Å². The van der Waals surface area contributed by atoms with Gasteiger partial charge in [0.2, 0.25) is 0 Å². The topological polar surface area (TPSA) is 46.5 Å². The lowest BCUT2D eigenvalue weighted by molar-refractivity contribution is -0.141. The fourth-order valence-corrected chi connectivity index (χ4v) is 2.25. The van der Waals surface area contributed by atoms with Gasteiger partial charge < -0.3 is 9.84 Å². The molecule has 2 unspecified atom stereocenters. The number of benzene rings is 1. The Balaban J connectivity index is 2.10. The number of esters is 1. The van der Waals surface area contributed by atoms with Gasteiger partial charge in [0.1, 0.15) is 5.82 Å². The summed E-state index contributed by atoms with van der Waals surface area (Å²) in [5.41, 5.74) is 0.342. The van der Waals surface area contributed by atoms with Crippen molar-refractivity contribution in [3.8, 4) is 0 Å². The second kappa shape index (κ2) is 4.45. The number of ether oxygens (including phenoxy) is 1. The molecule has 3 nitrogen and oxygen atoms in total. The van der Waals surface area contributed by atoms with Crippen LogP contribution in [0.3, 0.4) is 0 Å². The first-order chi connectivity index (χ1) is 8.08. The number of carbonyl (C=O) groups is 1. The Labute approximate surface area is 99.2 Å². The first-order valence-corrected chi connectivity index (χ1v) is 5.59. The lowest BCUT2D eigenvalue weighted by Gasteiger charge is -2.15. The maximum atomic E-state index is 13.1. The van der Waals surface area contributed by atoms with Crippen LogP contribution in [0.2, 0.25) is 0 Å². The Bertz CT molecular complexity index is 432. The van der Waals surface area contributed by atoms with Crippen LogP contribution in [-0.4, -0.2) is 24.3 Å². The molecule has 1 fully saturated rings. The Hall–Kier alpha value is -1.42. The second-order valence-corrected chi connectivity index (χ2v) is 4.53. The SMILES string of the molecule is CC(=O)OCC1CC1(CO)c1cccc(F)c1. The summed E-state index contributed by atoms with van der Waals surface area (Å²) < 4.78 is 18.1. The van der Waals surface area contributed by atoms with Crippen LogP contribution >= 0.6 is 0 Å². The van der Waals surface area contributed by atoms with Crippen LogP contribution in [0.1, 0.15) is 18.9 Å². The lowest BCUT2D eigenvalue weighted by Crippen LogP contribution is -2.18. The predicted molar refractivity (Wildman–Crippen MR) is 59.9 cm³/mol. The highest BCUT2D eigenvalue weighted by atomic mass is 19.1. The van der Waals surface area contributed by atoms with Gasteiger partial charge in [0.15, 0.2) is 0 Å². The first-order valence-electron chi connectivity index (χ1n) is 5.59. The average Bonchev–Trinajstić information content (AvgIpc) is 3.01. The van der Waals surface area contributed by atoms with E-state index >= 15 is 0 Å². The normalized spacial score (nSPS) is 26.6. The van der Waals surface area contributed by atoms with Gasteiger partial charge in [-0.25, -0.2) is 4.39 Å². The highest BCUT2D eigenvalue weighted by molar-refractivity contribution is 5.66. The van der Waals surface area contributed by atoms with Gasteiger partial charge in [-0.3, -0.25) is 4.79 Å². The largest absolute Gasteiger partial charge is 0.466 e. The molecule has 1 N–H and O–H groups in total. The maximum absolute atomic E-state index is 13.1. The van der Waals surface area contributed by atoms with E-state index in [1.54, 1.807) is 12.1 Å². The minimum absolute atomic E-state index is 0.0532. The van der Waals surface area contributed by atoms with Gasteiger partial charge in [-0.05, 0) is 24.1 Å². The molecule has 1 aromatic carbocycles. The highest BCUT2D eigenvalue weighted by Gasteiger charge is 2.55. The summed E-state index contributed by atoms with van der Waals surface area (Å²) in [6, 6.07) is 6.23. The molecule has 2 rings (SSSR count). The summed E-state index contributed by atoms with van der Waals surface area (Å²) in [6.45, 7) is 1.58. The summed E-state index contributed by atoms with van der Waals surface area (Å²) in [5.74, 6) is -0.561. The van der Waals surface area contributed by atoms with Crippen LogP contribution in [0.15, 0.2) is 24.3 Å². The summed E-state index contributed by atoms with van der Waals surface area (Å²) >= 11 is 0. The van der Waals surface area contributed by atoms with Crippen molar-refractivity contribution in [1.29, 1.82) is 0 Å². The average molecular weight is 238 g/mol. The molecule has 1 aliphatic rings. The molecule has 0 bridgehead atoms. The second-order valence-electron chi connectivity index (χ2n) is 4.53. The van der Waals surface area contributed by atoms with E-state index in [-0.39, 0.29) is 30.9 Å².